The summed E-state index contributed by atoms with van der Waals surface area (Å²) in [5.74, 6) is -0.518. The molecule has 0 radical (unpaired) electrons. The summed E-state index contributed by atoms with van der Waals surface area (Å²) in [4.78, 5) is 22.5. The van der Waals surface area contributed by atoms with E-state index < -0.39 is 20.8 Å². The molecule has 29 heavy (non-hydrogen) atoms. The van der Waals surface area contributed by atoms with E-state index in [0.717, 1.165) is 5.56 Å². The largest absolute Gasteiger partial charge is 0.339 e. The molecule has 1 amide bonds. The predicted octanol–water partition coefficient (Wildman–Crippen LogP) is 4.41. The molecule has 0 bridgehead atoms. The minimum atomic E-state index is -1.93. The van der Waals surface area contributed by atoms with E-state index in [9.17, 15) is 14.9 Å². The lowest BCUT2D eigenvalue weighted by Gasteiger charge is -2.27. The van der Waals surface area contributed by atoms with Gasteiger partial charge in [-0.15, -0.1) is 0 Å². The molecule has 0 aromatic heterocycles. The molecular formula is C18H15Cl3N4O3S. The number of nitro benzene ring substituents is 1. The summed E-state index contributed by atoms with van der Waals surface area (Å²) < 4.78 is -1.93. The minimum Gasteiger partial charge on any atom is -0.339 e. The standard InChI is InChI=1S/C18H15Cl3N4O3S/c19-18(20,21)16(23-15(26)10-9-12-5-2-1-3-6-12)24-17(29)22-13-7-4-8-14(11-13)25(27)28/h1-11,16H,(H,23,26)(H2,22,24,29)/b10-9+/t16-/m0/s1. The van der Waals surface area contributed by atoms with Crippen LogP contribution in [0.15, 0.2) is 60.7 Å². The number of benzene rings is 2. The molecule has 0 saturated carbocycles. The Morgan fingerprint density at radius 1 is 1.10 bits per heavy atom. The Morgan fingerprint density at radius 2 is 1.79 bits per heavy atom. The van der Waals surface area contributed by atoms with Crippen molar-refractivity contribution >= 4 is 75.5 Å². The van der Waals surface area contributed by atoms with Crippen LogP contribution in [0.25, 0.3) is 6.08 Å². The van der Waals surface area contributed by atoms with Crippen molar-refractivity contribution in [2.75, 3.05) is 5.32 Å². The molecule has 0 aliphatic rings. The molecule has 2 rings (SSSR count). The van der Waals surface area contributed by atoms with E-state index in [0.29, 0.717) is 5.69 Å². The predicted molar refractivity (Wildman–Crippen MR) is 120 cm³/mol. The highest BCUT2D eigenvalue weighted by atomic mass is 35.6. The summed E-state index contributed by atoms with van der Waals surface area (Å²) in [7, 11) is 0. The molecule has 1 atom stereocenters. The average Bonchev–Trinajstić information content (AvgIpc) is 2.66. The summed E-state index contributed by atoms with van der Waals surface area (Å²) in [6.07, 6.45) is 1.72. The smallest absolute Gasteiger partial charge is 0.271 e. The monoisotopic (exact) mass is 472 g/mol. The molecule has 0 aliphatic carbocycles. The van der Waals surface area contributed by atoms with Gasteiger partial charge in [-0.05, 0) is 29.9 Å². The van der Waals surface area contributed by atoms with E-state index in [1.165, 1.54) is 24.3 Å². The van der Waals surface area contributed by atoms with Gasteiger partial charge >= 0.3 is 0 Å². The van der Waals surface area contributed by atoms with Crippen LogP contribution in [0.2, 0.25) is 0 Å². The lowest BCUT2D eigenvalue weighted by Crippen LogP contribution is -2.55. The summed E-state index contributed by atoms with van der Waals surface area (Å²) in [6, 6.07) is 14.9. The van der Waals surface area contributed by atoms with Crippen LogP contribution in [-0.4, -0.2) is 25.9 Å². The van der Waals surface area contributed by atoms with E-state index in [-0.39, 0.29) is 10.8 Å². The Hall–Kier alpha value is -2.39. The number of nitrogens with zero attached hydrogens (tertiary/aromatic N) is 1. The molecule has 11 heteroatoms. The quantitative estimate of drug-likeness (QED) is 0.144. The van der Waals surface area contributed by atoms with Gasteiger partial charge in [-0.3, -0.25) is 14.9 Å². The number of carbonyl (C=O) groups excluding carboxylic acids is 1. The number of thiocarbonyl (C=S) groups is 1. The lowest BCUT2D eigenvalue weighted by atomic mass is 10.2. The second-order valence-corrected chi connectivity index (χ2v) is 8.41. The van der Waals surface area contributed by atoms with E-state index in [2.05, 4.69) is 16.0 Å². The summed E-state index contributed by atoms with van der Waals surface area (Å²) in [6.45, 7) is 0. The van der Waals surface area contributed by atoms with Crippen LogP contribution in [0.4, 0.5) is 11.4 Å². The number of nitro groups is 1. The van der Waals surface area contributed by atoms with Gasteiger partial charge in [0, 0.05) is 23.9 Å². The molecule has 3 N–H and O–H groups in total. The molecule has 7 nitrogen and oxygen atoms in total. The maximum atomic E-state index is 12.2. The Balaban J connectivity index is 2.02. The zero-order valence-corrected chi connectivity index (χ0v) is 17.7. The first kappa shape index (κ1) is 22.9. The molecule has 0 aliphatic heterocycles. The number of nitrogens with one attached hydrogen (secondary N) is 3. The number of halogens is 3. The van der Waals surface area contributed by atoms with Crippen LogP contribution in [0.3, 0.4) is 0 Å². The Morgan fingerprint density at radius 3 is 2.41 bits per heavy atom. The maximum absolute atomic E-state index is 12.2. The highest BCUT2D eigenvalue weighted by molar-refractivity contribution is 7.80. The molecular weight excluding hydrogens is 459 g/mol. The van der Waals surface area contributed by atoms with Crippen molar-refractivity contribution in [2.24, 2.45) is 0 Å². The molecule has 0 heterocycles. The van der Waals surface area contributed by atoms with Gasteiger partial charge in [0.25, 0.3) is 5.69 Å². The van der Waals surface area contributed by atoms with Gasteiger partial charge in [-0.2, -0.15) is 0 Å². The number of non-ortho nitro benzene ring substituents is 1. The number of alkyl halides is 3. The van der Waals surface area contributed by atoms with Crippen LogP contribution < -0.4 is 16.0 Å². The first-order chi connectivity index (χ1) is 13.6. The maximum Gasteiger partial charge on any atom is 0.271 e. The Bertz CT molecular complexity index is 920. The summed E-state index contributed by atoms with van der Waals surface area (Å²) in [5, 5.41) is 18.8. The number of hydrogen-bond donors (Lipinski definition) is 3. The highest BCUT2D eigenvalue weighted by Gasteiger charge is 2.34. The fourth-order valence-electron chi connectivity index (χ4n) is 2.12. The number of hydrogen-bond acceptors (Lipinski definition) is 4. The van der Waals surface area contributed by atoms with Crippen molar-refractivity contribution in [1.29, 1.82) is 0 Å². The molecule has 0 spiro atoms. The fourth-order valence-corrected chi connectivity index (χ4v) is 2.68. The molecule has 152 valence electrons. The minimum absolute atomic E-state index is 0.00541. The second-order valence-electron chi connectivity index (χ2n) is 5.63. The first-order valence-electron chi connectivity index (χ1n) is 8.07. The number of amides is 1. The Kier molecular flexibility index (Phi) is 8.21. The van der Waals surface area contributed by atoms with Gasteiger partial charge in [0.05, 0.1) is 4.92 Å². The van der Waals surface area contributed by atoms with Crippen LogP contribution in [0.5, 0.6) is 0 Å². The molecule has 0 fully saturated rings. The van der Waals surface area contributed by atoms with Crippen molar-refractivity contribution in [3.8, 4) is 0 Å². The first-order valence-corrected chi connectivity index (χ1v) is 9.61. The third kappa shape index (κ3) is 7.86. The van der Waals surface area contributed by atoms with Gasteiger partial charge in [0.2, 0.25) is 9.70 Å². The summed E-state index contributed by atoms with van der Waals surface area (Å²) in [5.41, 5.74) is 1.06. The van der Waals surface area contributed by atoms with Gasteiger partial charge in [0.15, 0.2) is 5.11 Å². The van der Waals surface area contributed by atoms with Gasteiger partial charge in [-0.25, -0.2) is 0 Å². The highest BCUT2D eigenvalue weighted by Crippen LogP contribution is 2.29. The van der Waals surface area contributed by atoms with Crippen molar-refractivity contribution in [2.45, 2.75) is 9.96 Å². The van der Waals surface area contributed by atoms with E-state index in [4.69, 9.17) is 47.0 Å². The zero-order valence-electron chi connectivity index (χ0n) is 14.6. The van der Waals surface area contributed by atoms with E-state index in [1.807, 2.05) is 30.3 Å². The van der Waals surface area contributed by atoms with Crippen molar-refractivity contribution in [3.63, 3.8) is 0 Å². The fraction of sp³-hybridized carbons (Fsp3) is 0.111. The topological polar surface area (TPSA) is 96.3 Å². The zero-order chi connectivity index (χ0) is 21.4. The third-order valence-electron chi connectivity index (χ3n) is 3.43. The summed E-state index contributed by atoms with van der Waals surface area (Å²) >= 11 is 22.9. The number of carbonyl (C=O) groups is 1. The normalized spacial score (nSPS) is 12.2. The molecule has 0 unspecified atom stereocenters. The van der Waals surface area contributed by atoms with Crippen molar-refractivity contribution in [3.05, 3.63) is 76.4 Å². The van der Waals surface area contributed by atoms with Crippen LogP contribution in [0, 0.1) is 10.1 Å². The van der Waals surface area contributed by atoms with Gasteiger partial charge in [-0.1, -0.05) is 71.2 Å². The molecule has 0 saturated heterocycles. The Labute approximate surface area is 187 Å². The van der Waals surface area contributed by atoms with Crippen LogP contribution >= 0.6 is 47.0 Å². The van der Waals surface area contributed by atoms with Gasteiger partial charge < -0.3 is 16.0 Å². The van der Waals surface area contributed by atoms with Crippen LogP contribution in [-0.2, 0) is 4.79 Å². The SMILES string of the molecule is O=C(/C=C/c1ccccc1)N[C@@H](NC(=S)Nc1cccc([N+](=O)[O-])c1)C(Cl)(Cl)Cl. The molecule has 2 aromatic rings. The second kappa shape index (κ2) is 10.4. The third-order valence-corrected chi connectivity index (χ3v) is 4.31. The number of anilines is 1. The van der Waals surface area contributed by atoms with Crippen LogP contribution in [0.1, 0.15) is 5.56 Å². The number of rotatable bonds is 6. The van der Waals surface area contributed by atoms with Crippen molar-refractivity contribution in [1.82, 2.24) is 10.6 Å². The lowest BCUT2D eigenvalue weighted by molar-refractivity contribution is -0.384. The van der Waals surface area contributed by atoms with E-state index in [1.54, 1.807) is 12.1 Å². The molecule has 2 aromatic carbocycles. The average molecular weight is 474 g/mol. The van der Waals surface area contributed by atoms with Gasteiger partial charge in [0.1, 0.15) is 6.17 Å². The van der Waals surface area contributed by atoms with E-state index >= 15 is 0 Å². The van der Waals surface area contributed by atoms with Crippen molar-refractivity contribution < 1.29 is 9.72 Å².